The van der Waals surface area contributed by atoms with Gasteiger partial charge in [0.2, 0.25) is 5.91 Å². The maximum Gasteiger partial charge on any atom is 0.248 e. The summed E-state index contributed by atoms with van der Waals surface area (Å²) in [6, 6.07) is 5.87. The second-order valence-corrected chi connectivity index (χ2v) is 4.57. The van der Waals surface area contributed by atoms with Gasteiger partial charge >= 0.3 is 0 Å². The Kier molecular flexibility index (Phi) is 3.99. The Labute approximate surface area is 108 Å². The summed E-state index contributed by atoms with van der Waals surface area (Å²) in [5, 5.41) is 3.10. The van der Waals surface area contributed by atoms with Crippen LogP contribution in [0.3, 0.4) is 0 Å². The van der Waals surface area contributed by atoms with Gasteiger partial charge in [0.15, 0.2) is 0 Å². The molecule has 0 bridgehead atoms. The molecule has 1 heterocycles. The smallest absolute Gasteiger partial charge is 0.248 e. The molecule has 4 nitrogen and oxygen atoms in total. The van der Waals surface area contributed by atoms with Crippen molar-refractivity contribution >= 4 is 11.6 Å². The number of carbonyl (C=O) groups excluding carboxylic acids is 1. The zero-order valence-electron chi connectivity index (χ0n) is 11.2. The second-order valence-electron chi connectivity index (χ2n) is 4.57. The highest BCUT2D eigenvalue weighted by atomic mass is 16.5. The molecular formula is C14H20N2O2. The molecule has 98 valence electrons. The van der Waals surface area contributed by atoms with Crippen LogP contribution in [0, 0.1) is 6.92 Å². The minimum absolute atomic E-state index is 0.137. The van der Waals surface area contributed by atoms with Crippen LogP contribution >= 0.6 is 0 Å². The largest absolute Gasteiger partial charge is 0.385 e. The summed E-state index contributed by atoms with van der Waals surface area (Å²) in [5.74, 6) is 0.137. The van der Waals surface area contributed by atoms with Gasteiger partial charge in [0.1, 0.15) is 6.04 Å². The van der Waals surface area contributed by atoms with Crippen molar-refractivity contribution in [1.29, 1.82) is 0 Å². The van der Waals surface area contributed by atoms with Gasteiger partial charge in [-0.05, 0) is 26.0 Å². The summed E-state index contributed by atoms with van der Waals surface area (Å²) in [6.07, 6.45) is 0.854. The number of rotatable bonds is 5. The lowest BCUT2D eigenvalue weighted by atomic mass is 10.1. The molecule has 18 heavy (non-hydrogen) atoms. The van der Waals surface area contributed by atoms with Crippen LogP contribution in [0.5, 0.6) is 0 Å². The molecule has 1 unspecified atom stereocenters. The van der Waals surface area contributed by atoms with E-state index in [1.165, 1.54) is 0 Å². The molecule has 1 aromatic rings. The van der Waals surface area contributed by atoms with E-state index >= 15 is 0 Å². The molecule has 0 saturated heterocycles. The number of methoxy groups -OCH3 is 1. The Morgan fingerprint density at radius 1 is 1.44 bits per heavy atom. The average Bonchev–Trinajstić information content (AvgIpc) is 2.63. The number of ether oxygens (including phenoxy) is 1. The standard InChI is InChI=1S/C14H20N2O2/c1-10-6-4-7-11-12(15-2)14(17)16(13(10)11)8-5-9-18-3/h4,6-7,12,15H,5,8-9H2,1-3H3. The Morgan fingerprint density at radius 3 is 2.89 bits per heavy atom. The van der Waals surface area contributed by atoms with E-state index in [-0.39, 0.29) is 11.9 Å². The molecule has 0 aliphatic carbocycles. The maximum absolute atomic E-state index is 12.4. The van der Waals surface area contributed by atoms with Gasteiger partial charge in [-0.1, -0.05) is 18.2 Å². The molecule has 1 aliphatic rings. The summed E-state index contributed by atoms with van der Waals surface area (Å²) in [5.41, 5.74) is 3.30. The first-order valence-electron chi connectivity index (χ1n) is 6.27. The molecule has 0 saturated carbocycles. The first-order valence-corrected chi connectivity index (χ1v) is 6.27. The molecular weight excluding hydrogens is 228 g/mol. The average molecular weight is 248 g/mol. The van der Waals surface area contributed by atoms with Gasteiger partial charge < -0.3 is 15.0 Å². The number of anilines is 1. The van der Waals surface area contributed by atoms with Gasteiger partial charge in [-0.3, -0.25) is 4.79 Å². The topological polar surface area (TPSA) is 41.6 Å². The van der Waals surface area contributed by atoms with Crippen LogP contribution in [0.2, 0.25) is 0 Å². The van der Waals surface area contributed by atoms with Gasteiger partial charge in [0.05, 0.1) is 5.69 Å². The predicted octanol–water partition coefficient (Wildman–Crippen LogP) is 1.64. The van der Waals surface area contributed by atoms with Crippen LogP contribution in [0.1, 0.15) is 23.6 Å². The number of benzene rings is 1. The van der Waals surface area contributed by atoms with Crippen molar-refractivity contribution in [3.8, 4) is 0 Å². The number of likely N-dealkylation sites (N-methyl/N-ethyl adjacent to an activating group) is 1. The SMILES string of the molecule is CNC1C(=O)N(CCCOC)c2c(C)cccc21. The lowest BCUT2D eigenvalue weighted by Crippen LogP contribution is -2.34. The number of hydrogen-bond donors (Lipinski definition) is 1. The fourth-order valence-electron chi connectivity index (χ4n) is 2.55. The Hall–Kier alpha value is -1.39. The third-order valence-corrected chi connectivity index (χ3v) is 3.38. The van der Waals surface area contributed by atoms with E-state index in [2.05, 4.69) is 5.32 Å². The van der Waals surface area contributed by atoms with E-state index < -0.39 is 0 Å². The van der Waals surface area contributed by atoms with Crippen LogP contribution in [0.15, 0.2) is 18.2 Å². The van der Waals surface area contributed by atoms with Crippen molar-refractivity contribution in [2.24, 2.45) is 0 Å². The number of carbonyl (C=O) groups is 1. The molecule has 4 heteroatoms. The zero-order chi connectivity index (χ0) is 13.1. The van der Waals surface area contributed by atoms with Crippen LogP contribution in [-0.2, 0) is 9.53 Å². The molecule has 1 atom stereocenters. The number of amides is 1. The van der Waals surface area contributed by atoms with Crippen LogP contribution in [-0.4, -0.2) is 33.2 Å². The van der Waals surface area contributed by atoms with Crippen molar-refractivity contribution in [2.45, 2.75) is 19.4 Å². The van der Waals surface area contributed by atoms with Gasteiger partial charge in [0, 0.05) is 25.8 Å². The lowest BCUT2D eigenvalue weighted by Gasteiger charge is -2.19. The van der Waals surface area contributed by atoms with Crippen molar-refractivity contribution < 1.29 is 9.53 Å². The van der Waals surface area contributed by atoms with E-state index in [1.54, 1.807) is 7.11 Å². The number of nitrogens with one attached hydrogen (secondary N) is 1. The van der Waals surface area contributed by atoms with E-state index in [1.807, 2.05) is 37.1 Å². The number of hydrogen-bond acceptors (Lipinski definition) is 3. The molecule has 1 amide bonds. The summed E-state index contributed by atoms with van der Waals surface area (Å²) in [7, 11) is 3.51. The Balaban J connectivity index is 2.29. The van der Waals surface area contributed by atoms with Crippen LogP contribution < -0.4 is 10.2 Å². The molecule has 0 spiro atoms. The van der Waals surface area contributed by atoms with Gasteiger partial charge in [-0.25, -0.2) is 0 Å². The summed E-state index contributed by atoms with van der Waals surface area (Å²) in [4.78, 5) is 14.2. The third-order valence-electron chi connectivity index (χ3n) is 3.38. The maximum atomic E-state index is 12.4. The molecule has 1 aromatic carbocycles. The fraction of sp³-hybridized carbons (Fsp3) is 0.500. The molecule has 0 aromatic heterocycles. The quantitative estimate of drug-likeness (QED) is 0.805. The number of nitrogens with zero attached hydrogens (tertiary/aromatic N) is 1. The van der Waals surface area contributed by atoms with Gasteiger partial charge in [-0.15, -0.1) is 0 Å². The first-order chi connectivity index (χ1) is 8.70. The minimum atomic E-state index is -0.206. The highest BCUT2D eigenvalue weighted by Gasteiger charge is 2.36. The van der Waals surface area contributed by atoms with E-state index in [0.29, 0.717) is 13.2 Å². The van der Waals surface area contributed by atoms with Crippen LogP contribution in [0.25, 0.3) is 0 Å². The first kappa shape index (κ1) is 13.1. The Morgan fingerprint density at radius 2 is 2.22 bits per heavy atom. The molecule has 0 fully saturated rings. The summed E-state index contributed by atoms with van der Waals surface area (Å²) >= 11 is 0. The number of aryl methyl sites for hydroxylation is 1. The molecule has 2 rings (SSSR count). The summed E-state index contributed by atoms with van der Waals surface area (Å²) in [6.45, 7) is 3.44. The molecule has 1 aliphatic heterocycles. The molecule has 1 N–H and O–H groups in total. The summed E-state index contributed by atoms with van der Waals surface area (Å²) < 4.78 is 5.05. The fourth-order valence-corrected chi connectivity index (χ4v) is 2.55. The van der Waals surface area contributed by atoms with Crippen LogP contribution in [0.4, 0.5) is 5.69 Å². The van der Waals surface area contributed by atoms with E-state index in [9.17, 15) is 4.79 Å². The van der Waals surface area contributed by atoms with Crippen molar-refractivity contribution in [2.75, 3.05) is 32.2 Å². The molecule has 0 radical (unpaired) electrons. The monoisotopic (exact) mass is 248 g/mol. The number of para-hydroxylation sites is 1. The van der Waals surface area contributed by atoms with Gasteiger partial charge in [0.25, 0.3) is 0 Å². The lowest BCUT2D eigenvalue weighted by molar-refractivity contribution is -0.119. The van der Waals surface area contributed by atoms with Crippen molar-refractivity contribution in [3.63, 3.8) is 0 Å². The van der Waals surface area contributed by atoms with Crippen molar-refractivity contribution in [1.82, 2.24) is 5.32 Å². The Bertz CT molecular complexity index is 445. The number of fused-ring (bicyclic) bond motifs is 1. The predicted molar refractivity (Wildman–Crippen MR) is 71.8 cm³/mol. The minimum Gasteiger partial charge on any atom is -0.385 e. The van der Waals surface area contributed by atoms with Gasteiger partial charge in [-0.2, -0.15) is 0 Å². The normalized spacial score (nSPS) is 18.3. The van der Waals surface area contributed by atoms with E-state index in [0.717, 1.165) is 23.2 Å². The van der Waals surface area contributed by atoms with Crippen molar-refractivity contribution in [3.05, 3.63) is 29.3 Å². The highest BCUT2D eigenvalue weighted by Crippen LogP contribution is 2.38. The zero-order valence-corrected chi connectivity index (χ0v) is 11.2. The third kappa shape index (κ3) is 2.13. The highest BCUT2D eigenvalue weighted by molar-refractivity contribution is 6.05. The van der Waals surface area contributed by atoms with E-state index in [4.69, 9.17) is 4.74 Å². The second kappa shape index (κ2) is 5.50.